The van der Waals surface area contributed by atoms with Crippen molar-refractivity contribution in [2.24, 2.45) is 20.6 Å². The summed E-state index contributed by atoms with van der Waals surface area (Å²) in [6.45, 7) is 6.09. The molecule has 1 aliphatic rings. The Bertz CT molecular complexity index is 955. The van der Waals surface area contributed by atoms with Gasteiger partial charge in [0.25, 0.3) is 0 Å². The number of allylic oxidation sites excluding steroid dienone is 2. The van der Waals surface area contributed by atoms with E-state index in [9.17, 15) is 9.90 Å². The molecule has 1 N–H and O–H groups in total. The van der Waals surface area contributed by atoms with Crippen molar-refractivity contribution in [1.29, 1.82) is 0 Å². The molecule has 29 heavy (non-hydrogen) atoms. The summed E-state index contributed by atoms with van der Waals surface area (Å²) in [6, 6.07) is 16.9. The summed E-state index contributed by atoms with van der Waals surface area (Å²) in [5.41, 5.74) is 3.14. The molecular weight excluding hydrogens is 362 g/mol. The second kappa shape index (κ2) is 8.95. The number of carbonyl (C=O) groups is 1. The smallest absolute Gasteiger partial charge is 0.168 e. The number of nitrogens with zero attached hydrogens (tertiary/aromatic N) is 3. The topological polar surface area (TPSA) is 74.4 Å². The van der Waals surface area contributed by atoms with E-state index in [0.717, 1.165) is 23.5 Å². The van der Waals surface area contributed by atoms with Crippen LogP contribution < -0.4 is 0 Å². The number of aliphatic hydroxyl groups is 1. The van der Waals surface area contributed by atoms with Crippen LogP contribution in [0, 0.1) is 5.41 Å². The average molecular weight is 389 g/mol. The fraction of sp³-hybridized carbons (Fsp3) is 0.333. The molecule has 0 radical (unpaired) electrons. The minimum absolute atomic E-state index is 0.0285. The molecule has 1 saturated carbocycles. The lowest BCUT2D eigenvalue weighted by Crippen LogP contribution is -2.32. The van der Waals surface area contributed by atoms with Crippen LogP contribution >= 0.6 is 0 Å². The van der Waals surface area contributed by atoms with E-state index in [-0.39, 0.29) is 17.0 Å². The van der Waals surface area contributed by atoms with Crippen molar-refractivity contribution in [2.75, 3.05) is 0 Å². The number of benzene rings is 2. The van der Waals surface area contributed by atoms with Gasteiger partial charge in [0, 0.05) is 12.8 Å². The fourth-order valence-electron chi connectivity index (χ4n) is 3.43. The lowest BCUT2D eigenvalue weighted by Gasteiger charge is -2.31. The number of hydrogen-bond acceptors (Lipinski definition) is 5. The SMILES string of the molecule is CCCC(O)=C1C(=O)CC(C)(C)CC1=Nc1ccc(N=Nc2ccccc2)cc1. The monoisotopic (exact) mass is 389 g/mol. The van der Waals surface area contributed by atoms with Crippen molar-refractivity contribution >= 4 is 28.6 Å². The summed E-state index contributed by atoms with van der Waals surface area (Å²) >= 11 is 0. The van der Waals surface area contributed by atoms with Crippen LogP contribution in [0.2, 0.25) is 0 Å². The first-order valence-electron chi connectivity index (χ1n) is 9.98. The van der Waals surface area contributed by atoms with E-state index in [2.05, 4.69) is 24.1 Å². The average Bonchev–Trinajstić information content (AvgIpc) is 2.67. The van der Waals surface area contributed by atoms with Gasteiger partial charge in [-0.25, -0.2) is 0 Å². The predicted molar refractivity (Wildman–Crippen MR) is 117 cm³/mol. The van der Waals surface area contributed by atoms with Crippen molar-refractivity contribution in [3.8, 4) is 0 Å². The number of hydrogen-bond donors (Lipinski definition) is 1. The van der Waals surface area contributed by atoms with Gasteiger partial charge in [0.1, 0.15) is 5.76 Å². The van der Waals surface area contributed by atoms with Crippen LogP contribution in [-0.2, 0) is 4.79 Å². The summed E-state index contributed by atoms with van der Waals surface area (Å²) in [6.07, 6.45) is 2.34. The Hall–Kier alpha value is -3.08. The first-order chi connectivity index (χ1) is 13.9. The lowest BCUT2D eigenvalue weighted by molar-refractivity contribution is -0.117. The molecule has 0 atom stereocenters. The summed E-state index contributed by atoms with van der Waals surface area (Å²) in [5.74, 6) is 0.124. The molecule has 0 bridgehead atoms. The van der Waals surface area contributed by atoms with Crippen molar-refractivity contribution in [3.63, 3.8) is 0 Å². The van der Waals surface area contributed by atoms with Crippen LogP contribution in [0.3, 0.4) is 0 Å². The second-order valence-electron chi connectivity index (χ2n) is 8.12. The third-order valence-electron chi connectivity index (χ3n) is 4.78. The third-order valence-corrected chi connectivity index (χ3v) is 4.78. The van der Waals surface area contributed by atoms with Crippen LogP contribution in [0.1, 0.15) is 46.5 Å². The Kier molecular flexibility index (Phi) is 6.37. The molecule has 0 unspecified atom stereocenters. The Morgan fingerprint density at radius 2 is 1.52 bits per heavy atom. The van der Waals surface area contributed by atoms with E-state index < -0.39 is 0 Å². The molecule has 0 heterocycles. The van der Waals surface area contributed by atoms with Crippen LogP contribution in [0.5, 0.6) is 0 Å². The van der Waals surface area contributed by atoms with Gasteiger partial charge in [0.05, 0.1) is 28.3 Å². The molecule has 2 aromatic carbocycles. The number of azo groups is 1. The van der Waals surface area contributed by atoms with Crippen LogP contribution in [0.15, 0.2) is 81.2 Å². The Morgan fingerprint density at radius 1 is 0.931 bits per heavy atom. The molecule has 5 nitrogen and oxygen atoms in total. The highest BCUT2D eigenvalue weighted by molar-refractivity contribution is 6.25. The molecule has 0 spiro atoms. The highest BCUT2D eigenvalue weighted by Gasteiger charge is 2.36. The van der Waals surface area contributed by atoms with Gasteiger partial charge in [-0.15, -0.1) is 0 Å². The molecule has 0 amide bonds. The summed E-state index contributed by atoms with van der Waals surface area (Å²) in [4.78, 5) is 17.4. The standard InChI is InChI=1S/C24H27N3O2/c1-4-8-21(28)23-20(15-24(2,3)16-22(23)29)25-17-11-13-19(14-12-17)27-26-18-9-6-5-7-10-18/h5-7,9-14,28H,4,8,15-16H2,1-3H3. The van der Waals surface area contributed by atoms with Gasteiger partial charge >= 0.3 is 0 Å². The minimum Gasteiger partial charge on any atom is -0.511 e. The number of rotatable bonds is 5. The van der Waals surface area contributed by atoms with Gasteiger partial charge < -0.3 is 5.11 Å². The number of aliphatic imine (C=N–C) groups is 1. The fourth-order valence-corrected chi connectivity index (χ4v) is 3.43. The third kappa shape index (κ3) is 5.47. The van der Waals surface area contributed by atoms with Crippen LogP contribution in [0.25, 0.3) is 0 Å². The van der Waals surface area contributed by atoms with Crippen molar-refractivity contribution in [1.82, 2.24) is 0 Å². The largest absolute Gasteiger partial charge is 0.511 e. The molecule has 150 valence electrons. The van der Waals surface area contributed by atoms with Crippen molar-refractivity contribution in [2.45, 2.75) is 46.5 Å². The maximum Gasteiger partial charge on any atom is 0.168 e. The Morgan fingerprint density at radius 3 is 2.14 bits per heavy atom. The highest BCUT2D eigenvalue weighted by atomic mass is 16.3. The van der Waals surface area contributed by atoms with Gasteiger partial charge in [0.2, 0.25) is 0 Å². The molecule has 1 aliphatic carbocycles. The zero-order valence-corrected chi connectivity index (χ0v) is 17.2. The number of carbonyl (C=O) groups excluding carboxylic acids is 1. The highest BCUT2D eigenvalue weighted by Crippen LogP contribution is 2.37. The van der Waals surface area contributed by atoms with E-state index in [1.54, 1.807) is 0 Å². The van der Waals surface area contributed by atoms with E-state index in [1.807, 2.05) is 61.5 Å². The lowest BCUT2D eigenvalue weighted by atomic mass is 9.73. The zero-order valence-electron chi connectivity index (χ0n) is 17.2. The van der Waals surface area contributed by atoms with Gasteiger partial charge in [-0.3, -0.25) is 9.79 Å². The van der Waals surface area contributed by atoms with E-state index >= 15 is 0 Å². The summed E-state index contributed by atoms with van der Waals surface area (Å²) in [7, 11) is 0. The first kappa shape index (κ1) is 20.6. The summed E-state index contributed by atoms with van der Waals surface area (Å²) in [5, 5.41) is 18.9. The van der Waals surface area contributed by atoms with Crippen molar-refractivity contribution in [3.05, 3.63) is 65.9 Å². The molecule has 0 aliphatic heterocycles. The molecule has 0 aromatic heterocycles. The van der Waals surface area contributed by atoms with Gasteiger partial charge in [0.15, 0.2) is 5.78 Å². The van der Waals surface area contributed by atoms with Gasteiger partial charge in [-0.1, -0.05) is 39.0 Å². The molecule has 5 heteroatoms. The molecular formula is C24H27N3O2. The van der Waals surface area contributed by atoms with E-state index in [4.69, 9.17) is 4.99 Å². The van der Waals surface area contributed by atoms with Crippen molar-refractivity contribution < 1.29 is 9.90 Å². The van der Waals surface area contributed by atoms with Crippen LogP contribution in [0.4, 0.5) is 17.1 Å². The maximum atomic E-state index is 12.7. The van der Waals surface area contributed by atoms with Gasteiger partial charge in [-0.05, 0) is 54.7 Å². The normalized spacial score (nSPS) is 19.7. The zero-order chi connectivity index (χ0) is 20.9. The summed E-state index contributed by atoms with van der Waals surface area (Å²) < 4.78 is 0. The molecule has 2 aromatic rings. The number of aliphatic hydroxyl groups excluding tert-OH is 1. The molecule has 0 saturated heterocycles. The van der Waals surface area contributed by atoms with E-state index in [1.165, 1.54) is 0 Å². The Balaban J connectivity index is 1.87. The minimum atomic E-state index is -0.171. The predicted octanol–water partition coefficient (Wildman–Crippen LogP) is 7.18. The van der Waals surface area contributed by atoms with E-state index in [0.29, 0.717) is 30.5 Å². The molecule has 3 rings (SSSR count). The van der Waals surface area contributed by atoms with Crippen LogP contribution in [-0.4, -0.2) is 16.6 Å². The quantitative estimate of drug-likeness (QED) is 0.334. The first-order valence-corrected chi connectivity index (χ1v) is 9.98. The Labute approximate surface area is 171 Å². The van der Waals surface area contributed by atoms with Gasteiger partial charge in [-0.2, -0.15) is 10.2 Å². The molecule has 1 fully saturated rings. The number of Topliss-reactive ketones (excluding diaryl/α,β-unsaturated/α-hetero) is 1. The second-order valence-corrected chi connectivity index (χ2v) is 8.12. The maximum absolute atomic E-state index is 12.7. The number of ketones is 1.